The number of aryl methyl sites for hydroxylation is 1. The van der Waals surface area contributed by atoms with Gasteiger partial charge in [-0.2, -0.15) is 10.2 Å². The summed E-state index contributed by atoms with van der Waals surface area (Å²) in [5.74, 6) is -2.05. The third kappa shape index (κ3) is 4.40. The van der Waals surface area contributed by atoms with Crippen LogP contribution in [0.25, 0.3) is 11.5 Å². The van der Waals surface area contributed by atoms with Gasteiger partial charge < -0.3 is 9.64 Å². The first-order chi connectivity index (χ1) is 16.8. The summed E-state index contributed by atoms with van der Waals surface area (Å²) in [5, 5.41) is 9.14. The molecule has 9 nitrogen and oxygen atoms in total. The quantitative estimate of drug-likeness (QED) is 0.513. The predicted molar refractivity (Wildman–Crippen MR) is 114 cm³/mol. The Bertz CT molecular complexity index is 1290. The minimum Gasteiger partial charge on any atom is -0.483 e. The summed E-state index contributed by atoms with van der Waals surface area (Å²) in [6.45, 7) is -0.537. The van der Waals surface area contributed by atoms with Gasteiger partial charge in [0.15, 0.2) is 29.9 Å². The number of ether oxygens (including phenoxy) is 1. The maximum atomic E-state index is 14.3. The molecular weight excluding hydrogens is 470 g/mol. The Kier molecular flexibility index (Phi) is 5.83. The second-order valence-electron chi connectivity index (χ2n) is 8.13. The lowest BCUT2D eigenvalue weighted by Gasteiger charge is -2.41. The Morgan fingerprint density at radius 1 is 1.14 bits per heavy atom. The third-order valence-electron chi connectivity index (χ3n) is 5.68. The van der Waals surface area contributed by atoms with E-state index < -0.39 is 42.3 Å². The first kappa shape index (κ1) is 22.7. The second-order valence-corrected chi connectivity index (χ2v) is 8.13. The zero-order valence-electron chi connectivity index (χ0n) is 18.4. The maximum absolute atomic E-state index is 14.3. The van der Waals surface area contributed by atoms with Crippen molar-refractivity contribution in [2.24, 2.45) is 12.1 Å². The molecule has 5 rings (SSSR count). The molecule has 0 aliphatic carbocycles. The van der Waals surface area contributed by atoms with E-state index in [1.54, 1.807) is 7.05 Å². The van der Waals surface area contributed by atoms with E-state index in [1.807, 2.05) is 0 Å². The number of hydrogen-bond acceptors (Lipinski definition) is 6. The Morgan fingerprint density at radius 3 is 2.57 bits per heavy atom. The summed E-state index contributed by atoms with van der Waals surface area (Å²) >= 11 is 0. The zero-order chi connectivity index (χ0) is 24.7. The van der Waals surface area contributed by atoms with Crippen molar-refractivity contribution in [3.05, 3.63) is 59.3 Å². The van der Waals surface area contributed by atoms with E-state index in [-0.39, 0.29) is 36.2 Å². The minimum atomic E-state index is -0.847. The van der Waals surface area contributed by atoms with Gasteiger partial charge in [0, 0.05) is 31.8 Å². The van der Waals surface area contributed by atoms with Crippen LogP contribution in [-0.4, -0.2) is 61.1 Å². The summed E-state index contributed by atoms with van der Waals surface area (Å²) in [6.07, 6.45) is 2.30. The Morgan fingerprint density at radius 2 is 1.89 bits per heavy atom. The number of nitrogens with zero attached hydrogens (tertiary/aromatic N) is 7. The fourth-order valence-corrected chi connectivity index (χ4v) is 3.99. The molecule has 1 saturated heterocycles. The first-order valence-corrected chi connectivity index (χ1v) is 10.7. The number of hydrogen-bond donors (Lipinski definition) is 0. The highest BCUT2D eigenvalue weighted by atomic mass is 19.1. The number of alkyl halides is 1. The normalized spacial score (nSPS) is 17.7. The van der Waals surface area contributed by atoms with Crippen LogP contribution < -0.4 is 4.74 Å². The summed E-state index contributed by atoms with van der Waals surface area (Å²) in [4.78, 5) is 22.3. The van der Waals surface area contributed by atoms with Crippen LogP contribution in [-0.2, 0) is 13.7 Å². The van der Waals surface area contributed by atoms with Crippen molar-refractivity contribution in [3.8, 4) is 17.3 Å². The fraction of sp³-hybridized carbons (Fsp3) is 0.318. The van der Waals surface area contributed by atoms with Gasteiger partial charge in [-0.05, 0) is 17.7 Å². The molecular formula is C22H19F4N7O2. The third-order valence-corrected chi connectivity index (χ3v) is 5.68. The van der Waals surface area contributed by atoms with Crippen LogP contribution >= 0.6 is 0 Å². The number of benzene rings is 1. The van der Waals surface area contributed by atoms with E-state index >= 15 is 0 Å². The van der Waals surface area contributed by atoms with Gasteiger partial charge in [0.25, 0.3) is 0 Å². The number of likely N-dealkylation sites (tertiary alicyclic amines) is 1. The highest BCUT2D eigenvalue weighted by Crippen LogP contribution is 2.32. The van der Waals surface area contributed by atoms with Gasteiger partial charge in [0.1, 0.15) is 23.4 Å². The molecule has 4 heterocycles. The van der Waals surface area contributed by atoms with Crippen molar-refractivity contribution >= 4 is 12.2 Å². The molecule has 1 atom stereocenters. The topological polar surface area (TPSA) is 88.7 Å². The van der Waals surface area contributed by atoms with Crippen LogP contribution in [0.4, 0.5) is 22.4 Å². The lowest BCUT2D eigenvalue weighted by atomic mass is 10.0. The molecule has 1 fully saturated rings. The standard InChI is InChI=1S/C22H19F4N7O2/c1-31-21(29-20(8-23)30-31)17-7-19(16(26)9-27-17)35-15-10-32(11-15)22(34)33-18(2-3-28-33)12-4-13(24)6-14(25)5-12/h3-7,9,15,18H,2,8,10-11H2,1H3. The summed E-state index contributed by atoms with van der Waals surface area (Å²) in [7, 11) is 1.56. The van der Waals surface area contributed by atoms with Crippen LogP contribution in [0.1, 0.15) is 23.9 Å². The molecule has 2 aliphatic rings. The van der Waals surface area contributed by atoms with Crippen molar-refractivity contribution in [1.82, 2.24) is 29.7 Å². The summed E-state index contributed by atoms with van der Waals surface area (Å²) in [6, 6.07) is 3.35. The monoisotopic (exact) mass is 489 g/mol. The molecule has 0 N–H and O–H groups in total. The summed E-state index contributed by atoms with van der Waals surface area (Å²) < 4.78 is 61.5. The Labute approximate surface area is 196 Å². The average molecular weight is 489 g/mol. The van der Waals surface area contributed by atoms with Gasteiger partial charge >= 0.3 is 6.03 Å². The summed E-state index contributed by atoms with van der Waals surface area (Å²) in [5.41, 5.74) is 0.549. The van der Waals surface area contributed by atoms with Gasteiger partial charge in [-0.25, -0.2) is 42.0 Å². The molecule has 1 unspecified atom stereocenters. The lowest BCUT2D eigenvalue weighted by Crippen LogP contribution is -2.58. The van der Waals surface area contributed by atoms with E-state index in [4.69, 9.17) is 4.74 Å². The van der Waals surface area contributed by atoms with Gasteiger partial charge in [-0.15, -0.1) is 0 Å². The predicted octanol–water partition coefficient (Wildman–Crippen LogP) is 3.38. The number of carbonyl (C=O) groups excluding carboxylic acids is 1. The fourth-order valence-electron chi connectivity index (χ4n) is 3.99. The SMILES string of the molecule is Cn1nc(CF)nc1-c1cc(OC2CN(C(=O)N3N=CCC3c3cc(F)cc(F)c3)C2)c(F)cn1. The molecule has 0 spiro atoms. The Hall–Kier alpha value is -4.03. The second kappa shape index (κ2) is 8.96. The molecule has 0 saturated carbocycles. The van der Waals surface area contributed by atoms with Crippen molar-refractivity contribution in [2.45, 2.75) is 25.2 Å². The Balaban J connectivity index is 1.24. The largest absolute Gasteiger partial charge is 0.483 e. The van der Waals surface area contributed by atoms with E-state index in [0.717, 1.165) is 12.3 Å². The molecule has 0 radical (unpaired) electrons. The van der Waals surface area contributed by atoms with Crippen molar-refractivity contribution in [2.75, 3.05) is 13.1 Å². The zero-order valence-corrected chi connectivity index (χ0v) is 18.4. The number of halogens is 4. The van der Waals surface area contributed by atoms with E-state index in [9.17, 15) is 22.4 Å². The highest BCUT2D eigenvalue weighted by molar-refractivity contribution is 5.79. The number of rotatable bonds is 5. The first-order valence-electron chi connectivity index (χ1n) is 10.7. The van der Waals surface area contributed by atoms with Crippen molar-refractivity contribution in [3.63, 3.8) is 0 Å². The lowest BCUT2D eigenvalue weighted by molar-refractivity contribution is 0.0256. The van der Waals surface area contributed by atoms with Crippen LogP contribution in [0.2, 0.25) is 0 Å². The molecule has 182 valence electrons. The maximum Gasteiger partial charge on any atom is 0.341 e. The van der Waals surface area contributed by atoms with Gasteiger partial charge in [0.2, 0.25) is 0 Å². The van der Waals surface area contributed by atoms with Crippen LogP contribution in [0, 0.1) is 17.5 Å². The molecule has 13 heteroatoms. The number of amides is 2. The van der Waals surface area contributed by atoms with Crippen molar-refractivity contribution in [1.29, 1.82) is 0 Å². The van der Waals surface area contributed by atoms with E-state index in [2.05, 4.69) is 20.2 Å². The molecule has 2 aliphatic heterocycles. The van der Waals surface area contributed by atoms with E-state index in [1.165, 1.54) is 39.0 Å². The molecule has 1 aromatic carbocycles. The smallest absolute Gasteiger partial charge is 0.341 e. The van der Waals surface area contributed by atoms with Gasteiger partial charge in [-0.1, -0.05) is 0 Å². The van der Waals surface area contributed by atoms with Gasteiger partial charge in [-0.3, -0.25) is 0 Å². The van der Waals surface area contributed by atoms with Crippen LogP contribution in [0.3, 0.4) is 0 Å². The number of hydrazone groups is 1. The molecule has 3 aromatic rings. The molecule has 0 bridgehead atoms. The number of aromatic nitrogens is 4. The number of pyridine rings is 1. The average Bonchev–Trinajstić information content (AvgIpc) is 3.43. The molecule has 35 heavy (non-hydrogen) atoms. The minimum absolute atomic E-state index is 0.0203. The van der Waals surface area contributed by atoms with Crippen molar-refractivity contribution < 1.29 is 27.1 Å². The highest BCUT2D eigenvalue weighted by Gasteiger charge is 2.39. The number of carbonyl (C=O) groups is 1. The number of urea groups is 1. The van der Waals surface area contributed by atoms with E-state index in [0.29, 0.717) is 12.0 Å². The van der Waals surface area contributed by atoms with Gasteiger partial charge in [0.05, 0.1) is 25.3 Å². The van der Waals surface area contributed by atoms with Crippen LogP contribution in [0.5, 0.6) is 5.75 Å². The molecule has 2 amide bonds. The molecule has 2 aromatic heterocycles. The van der Waals surface area contributed by atoms with Crippen LogP contribution in [0.15, 0.2) is 35.6 Å².